The molecule has 0 saturated heterocycles. The molecule has 1 aliphatic rings. The Morgan fingerprint density at radius 1 is 1.21 bits per heavy atom. The number of nitrogens with zero attached hydrogens (tertiary/aromatic N) is 5. The Morgan fingerprint density at radius 2 is 2.00 bits per heavy atom. The zero-order valence-electron chi connectivity index (χ0n) is 18.2. The number of pyridine rings is 1. The summed E-state index contributed by atoms with van der Waals surface area (Å²) in [5, 5.41) is 8.98. The summed E-state index contributed by atoms with van der Waals surface area (Å²) in [6.45, 7) is 2.98. The molecule has 12 heteroatoms. The van der Waals surface area contributed by atoms with E-state index in [1.807, 2.05) is 13.1 Å². The molecule has 0 aliphatic carbocycles. The highest BCUT2D eigenvalue weighted by Crippen LogP contribution is 2.32. The van der Waals surface area contributed by atoms with Crippen LogP contribution in [0.3, 0.4) is 0 Å². The summed E-state index contributed by atoms with van der Waals surface area (Å²) < 4.78 is 38.5. The highest BCUT2D eigenvalue weighted by Gasteiger charge is 2.30. The molecule has 174 valence electrons. The molecule has 3 N–H and O–H groups in total. The van der Waals surface area contributed by atoms with Crippen LogP contribution >= 0.6 is 0 Å². The predicted molar refractivity (Wildman–Crippen MR) is 119 cm³/mol. The molecule has 0 aromatic carbocycles. The minimum Gasteiger partial charge on any atom is -0.350 e. The summed E-state index contributed by atoms with van der Waals surface area (Å²) in [5.41, 5.74) is 2.64. The zero-order chi connectivity index (χ0) is 23.8. The van der Waals surface area contributed by atoms with E-state index in [9.17, 15) is 18.0 Å². The fourth-order valence-electron chi connectivity index (χ4n) is 3.38. The van der Waals surface area contributed by atoms with Crippen molar-refractivity contribution >= 4 is 34.9 Å². The third-order valence-electron chi connectivity index (χ3n) is 5.27. The maximum atomic E-state index is 12.5. The number of likely N-dealkylation sites (N-methyl/N-ethyl adjacent to an activating group) is 1. The molecule has 0 bridgehead atoms. The summed E-state index contributed by atoms with van der Waals surface area (Å²) in [7, 11) is 1.81. The van der Waals surface area contributed by atoms with E-state index in [2.05, 4.69) is 30.9 Å². The van der Waals surface area contributed by atoms with E-state index in [4.69, 9.17) is 0 Å². The van der Waals surface area contributed by atoms with Crippen molar-refractivity contribution < 1.29 is 18.0 Å². The van der Waals surface area contributed by atoms with Crippen molar-refractivity contribution in [1.82, 2.24) is 19.5 Å². The van der Waals surface area contributed by atoms with Crippen LogP contribution < -0.4 is 20.9 Å². The lowest BCUT2D eigenvalue weighted by Gasteiger charge is -2.32. The predicted octanol–water partition coefficient (Wildman–Crippen LogP) is 3.68. The minimum absolute atomic E-state index is 0.103. The number of hydrogen-bond donors (Lipinski definition) is 3. The standard InChI is InChI=1S/C21H23F3N8O/c1-12-17-18(31(3)13(2)19(33)29-17)30-20(27-12)26-9-14-4-5-16(25-8-14)28-15-6-7-32(10-15)11-21(22,23)24/h4-8,10,13H,9,11H2,1-3H3,(H,25,28)(H,29,33)(H,26,27,30)/t13-/m0/s1. The molecule has 0 saturated carbocycles. The molecule has 0 unspecified atom stereocenters. The molecular weight excluding hydrogens is 437 g/mol. The van der Waals surface area contributed by atoms with Gasteiger partial charge in [0.05, 0.1) is 11.4 Å². The van der Waals surface area contributed by atoms with E-state index >= 15 is 0 Å². The maximum Gasteiger partial charge on any atom is 0.406 e. The lowest BCUT2D eigenvalue weighted by atomic mass is 10.2. The quantitative estimate of drug-likeness (QED) is 0.516. The summed E-state index contributed by atoms with van der Waals surface area (Å²) in [6, 6.07) is 4.80. The first-order chi connectivity index (χ1) is 15.6. The van der Waals surface area contributed by atoms with Gasteiger partial charge in [-0.25, -0.2) is 9.97 Å². The van der Waals surface area contributed by atoms with E-state index < -0.39 is 12.7 Å². The third-order valence-corrected chi connectivity index (χ3v) is 5.27. The lowest BCUT2D eigenvalue weighted by molar-refractivity contribution is -0.140. The molecule has 4 heterocycles. The van der Waals surface area contributed by atoms with Gasteiger partial charge >= 0.3 is 6.18 Å². The number of aromatic nitrogens is 4. The van der Waals surface area contributed by atoms with Crippen LogP contribution in [0.5, 0.6) is 0 Å². The smallest absolute Gasteiger partial charge is 0.350 e. The van der Waals surface area contributed by atoms with E-state index in [1.165, 1.54) is 12.4 Å². The second-order valence-corrected chi connectivity index (χ2v) is 7.83. The van der Waals surface area contributed by atoms with Crippen LogP contribution in [-0.4, -0.2) is 44.7 Å². The first kappa shape index (κ1) is 22.4. The average molecular weight is 460 g/mol. The highest BCUT2D eigenvalue weighted by molar-refractivity contribution is 6.03. The number of hydrogen-bond acceptors (Lipinski definition) is 7. The molecule has 3 aromatic heterocycles. The van der Waals surface area contributed by atoms with E-state index in [0.29, 0.717) is 41.2 Å². The first-order valence-corrected chi connectivity index (χ1v) is 10.2. The van der Waals surface area contributed by atoms with Gasteiger partial charge in [0, 0.05) is 32.2 Å². The average Bonchev–Trinajstić information content (AvgIpc) is 3.17. The number of carbonyl (C=O) groups excluding carboxylic acids is 1. The van der Waals surface area contributed by atoms with Gasteiger partial charge in [-0.1, -0.05) is 6.07 Å². The van der Waals surface area contributed by atoms with Crippen molar-refractivity contribution in [3.8, 4) is 0 Å². The summed E-state index contributed by atoms with van der Waals surface area (Å²) in [4.78, 5) is 27.1. The van der Waals surface area contributed by atoms with Crippen LogP contribution in [0.4, 0.5) is 42.1 Å². The number of amides is 1. The Morgan fingerprint density at radius 3 is 2.70 bits per heavy atom. The van der Waals surface area contributed by atoms with Crippen LogP contribution in [0.25, 0.3) is 0 Å². The van der Waals surface area contributed by atoms with E-state index in [1.54, 1.807) is 37.1 Å². The first-order valence-electron chi connectivity index (χ1n) is 10.2. The van der Waals surface area contributed by atoms with Crippen LogP contribution in [0, 0.1) is 6.92 Å². The number of nitrogens with one attached hydrogen (secondary N) is 3. The summed E-state index contributed by atoms with van der Waals surface area (Å²) in [6.07, 6.45) is 0.117. The minimum atomic E-state index is -4.27. The molecule has 9 nitrogen and oxygen atoms in total. The SMILES string of the molecule is Cc1nc(NCc2ccc(Nc3ccn(CC(F)(F)F)c3)nc2)nc2c1NC(=O)[C@H](C)N2C. The number of carbonyl (C=O) groups is 1. The second-order valence-electron chi connectivity index (χ2n) is 7.83. The maximum absolute atomic E-state index is 12.5. The highest BCUT2D eigenvalue weighted by atomic mass is 19.4. The van der Waals surface area contributed by atoms with Gasteiger partial charge in [0.2, 0.25) is 11.9 Å². The van der Waals surface area contributed by atoms with Gasteiger partial charge in [0.15, 0.2) is 5.82 Å². The number of halogens is 3. The second kappa shape index (κ2) is 8.60. The number of alkyl halides is 3. The largest absolute Gasteiger partial charge is 0.406 e. The molecular formula is C21H23F3N8O. The molecule has 1 atom stereocenters. The molecule has 1 aliphatic heterocycles. The fourth-order valence-corrected chi connectivity index (χ4v) is 3.38. The van der Waals surface area contributed by atoms with Gasteiger partial charge < -0.3 is 25.4 Å². The van der Waals surface area contributed by atoms with Crippen molar-refractivity contribution in [3.05, 3.63) is 48.0 Å². The molecule has 0 fully saturated rings. The number of rotatable bonds is 6. The van der Waals surface area contributed by atoms with Crippen LogP contribution in [0.15, 0.2) is 36.8 Å². The van der Waals surface area contributed by atoms with Crippen LogP contribution in [0.2, 0.25) is 0 Å². The molecule has 1 amide bonds. The van der Waals surface area contributed by atoms with Crippen molar-refractivity contribution in [2.24, 2.45) is 0 Å². The van der Waals surface area contributed by atoms with Crippen molar-refractivity contribution in [3.63, 3.8) is 0 Å². The number of aryl methyl sites for hydroxylation is 1. The van der Waals surface area contributed by atoms with E-state index in [-0.39, 0.29) is 11.9 Å². The Balaban J connectivity index is 1.38. The Labute approximate surface area is 188 Å². The van der Waals surface area contributed by atoms with Crippen molar-refractivity contribution in [2.45, 2.75) is 39.2 Å². The molecule has 33 heavy (non-hydrogen) atoms. The van der Waals surface area contributed by atoms with Crippen LogP contribution in [0.1, 0.15) is 18.2 Å². The van der Waals surface area contributed by atoms with Gasteiger partial charge in [0.25, 0.3) is 0 Å². The van der Waals surface area contributed by atoms with Gasteiger partial charge in [0.1, 0.15) is 24.1 Å². The Hall–Kier alpha value is -3.83. The molecule has 0 radical (unpaired) electrons. The topological polar surface area (TPSA) is 100 Å². The van der Waals surface area contributed by atoms with Gasteiger partial charge in [-0.15, -0.1) is 0 Å². The third kappa shape index (κ3) is 5.16. The Bertz CT molecular complexity index is 1160. The monoisotopic (exact) mass is 460 g/mol. The molecule has 3 aromatic rings. The fraction of sp³-hybridized carbons (Fsp3) is 0.333. The van der Waals surface area contributed by atoms with Crippen molar-refractivity contribution in [2.75, 3.05) is 27.9 Å². The number of fused-ring (bicyclic) bond motifs is 1. The van der Waals surface area contributed by atoms with Gasteiger partial charge in [-0.2, -0.15) is 18.2 Å². The summed E-state index contributed by atoms with van der Waals surface area (Å²) >= 11 is 0. The summed E-state index contributed by atoms with van der Waals surface area (Å²) in [5.74, 6) is 1.48. The van der Waals surface area contributed by atoms with Crippen molar-refractivity contribution in [1.29, 1.82) is 0 Å². The molecule has 0 spiro atoms. The number of anilines is 5. The van der Waals surface area contributed by atoms with E-state index in [0.717, 1.165) is 10.1 Å². The normalized spacial score (nSPS) is 15.8. The van der Waals surface area contributed by atoms with Crippen LogP contribution in [-0.2, 0) is 17.9 Å². The van der Waals surface area contributed by atoms with Gasteiger partial charge in [-0.3, -0.25) is 4.79 Å². The Kier molecular flexibility index (Phi) is 5.83. The molecule has 4 rings (SSSR count). The lowest BCUT2D eigenvalue weighted by Crippen LogP contribution is -2.44. The van der Waals surface area contributed by atoms with Gasteiger partial charge in [-0.05, 0) is 31.5 Å². The zero-order valence-corrected chi connectivity index (χ0v) is 18.2.